The fourth-order valence-corrected chi connectivity index (χ4v) is 5.76. The van der Waals surface area contributed by atoms with Gasteiger partial charge in [0.05, 0.1) is 4.08 Å². The van der Waals surface area contributed by atoms with Gasteiger partial charge in [0, 0.05) is 35.3 Å². The summed E-state index contributed by atoms with van der Waals surface area (Å²) in [6, 6.07) is 12.3. The zero-order chi connectivity index (χ0) is 13.1. The van der Waals surface area contributed by atoms with E-state index in [-0.39, 0.29) is 4.08 Å². The number of benzene rings is 1. The van der Waals surface area contributed by atoms with E-state index in [9.17, 15) is 0 Å². The van der Waals surface area contributed by atoms with Crippen molar-refractivity contribution in [2.24, 2.45) is 0 Å². The Morgan fingerprint density at radius 3 is 2.58 bits per heavy atom. The summed E-state index contributed by atoms with van der Waals surface area (Å²) in [7, 11) is 0. The van der Waals surface area contributed by atoms with Gasteiger partial charge < -0.3 is 0 Å². The van der Waals surface area contributed by atoms with E-state index in [0.717, 1.165) is 11.4 Å². The lowest BCUT2D eigenvalue weighted by Crippen LogP contribution is -2.18. The summed E-state index contributed by atoms with van der Waals surface area (Å²) in [4.78, 5) is 4.28. The maximum atomic E-state index is 6.32. The first-order chi connectivity index (χ1) is 9.30. The van der Waals surface area contributed by atoms with E-state index in [1.54, 1.807) is 0 Å². The van der Waals surface area contributed by atoms with Gasteiger partial charge in [0.2, 0.25) is 0 Å². The van der Waals surface area contributed by atoms with Crippen molar-refractivity contribution < 1.29 is 0 Å². The molecular formula is C15H14ClNS2. The van der Waals surface area contributed by atoms with Crippen LogP contribution in [0.1, 0.15) is 11.1 Å². The molecule has 0 bridgehead atoms. The van der Waals surface area contributed by atoms with Gasteiger partial charge in [-0.25, -0.2) is 0 Å². The van der Waals surface area contributed by atoms with Gasteiger partial charge in [-0.05, 0) is 23.3 Å². The molecule has 3 rings (SSSR count). The van der Waals surface area contributed by atoms with Crippen molar-refractivity contribution in [3.63, 3.8) is 0 Å². The van der Waals surface area contributed by atoms with Crippen LogP contribution in [0.15, 0.2) is 48.8 Å². The van der Waals surface area contributed by atoms with E-state index in [1.165, 1.54) is 22.6 Å². The molecule has 1 aromatic heterocycles. The third-order valence-corrected chi connectivity index (χ3v) is 7.08. The maximum absolute atomic E-state index is 6.32. The van der Waals surface area contributed by atoms with Crippen molar-refractivity contribution >= 4 is 35.1 Å². The van der Waals surface area contributed by atoms with E-state index in [2.05, 4.69) is 23.2 Å². The molecule has 4 heteroatoms. The third kappa shape index (κ3) is 2.78. The molecule has 0 amide bonds. The first-order valence-corrected chi connectivity index (χ1v) is 8.57. The normalized spacial score (nSPS) is 17.5. The van der Waals surface area contributed by atoms with Crippen LogP contribution in [-0.2, 0) is 10.5 Å². The Bertz CT molecular complexity index is 553. The second-order valence-electron chi connectivity index (χ2n) is 4.46. The number of hydrogen-bond acceptors (Lipinski definition) is 3. The Kier molecular flexibility index (Phi) is 4.06. The Labute approximate surface area is 127 Å². The standard InChI is InChI=1S/C15H14ClNS2/c16-14-6-2-1-4-12(14)10-15(18-8-9-19-15)13-5-3-7-17-11-13/h1-7,11H,8-10H2. The van der Waals surface area contributed by atoms with Gasteiger partial charge in [-0.1, -0.05) is 35.9 Å². The largest absolute Gasteiger partial charge is 0.264 e. The van der Waals surface area contributed by atoms with Gasteiger partial charge in [0.15, 0.2) is 0 Å². The smallest absolute Gasteiger partial charge is 0.0916 e. The molecule has 1 aliphatic rings. The van der Waals surface area contributed by atoms with Crippen molar-refractivity contribution in [3.8, 4) is 0 Å². The first kappa shape index (κ1) is 13.3. The van der Waals surface area contributed by atoms with Gasteiger partial charge >= 0.3 is 0 Å². The topological polar surface area (TPSA) is 12.9 Å². The van der Waals surface area contributed by atoms with Crippen LogP contribution in [0.4, 0.5) is 0 Å². The monoisotopic (exact) mass is 307 g/mol. The molecule has 1 nitrogen and oxygen atoms in total. The number of thioether (sulfide) groups is 2. The number of pyridine rings is 1. The van der Waals surface area contributed by atoms with Gasteiger partial charge in [-0.2, -0.15) is 0 Å². The van der Waals surface area contributed by atoms with Gasteiger partial charge in [-0.3, -0.25) is 4.98 Å². The molecule has 2 heterocycles. The van der Waals surface area contributed by atoms with Crippen LogP contribution < -0.4 is 0 Å². The minimum absolute atomic E-state index is 0.0687. The molecule has 1 aliphatic heterocycles. The highest BCUT2D eigenvalue weighted by molar-refractivity contribution is 8.20. The molecule has 0 unspecified atom stereocenters. The van der Waals surface area contributed by atoms with Crippen molar-refractivity contribution in [1.82, 2.24) is 4.98 Å². The lowest BCUT2D eigenvalue weighted by atomic mass is 10.0. The predicted molar refractivity (Wildman–Crippen MR) is 86.0 cm³/mol. The molecule has 1 aromatic carbocycles. The highest BCUT2D eigenvalue weighted by Crippen LogP contribution is 2.54. The van der Waals surface area contributed by atoms with Crippen molar-refractivity contribution in [1.29, 1.82) is 0 Å². The number of nitrogens with zero attached hydrogens (tertiary/aromatic N) is 1. The zero-order valence-electron chi connectivity index (χ0n) is 10.4. The molecule has 19 heavy (non-hydrogen) atoms. The van der Waals surface area contributed by atoms with Crippen LogP contribution in [0, 0.1) is 0 Å². The van der Waals surface area contributed by atoms with Gasteiger partial charge in [0.25, 0.3) is 0 Å². The molecule has 1 fully saturated rings. The molecule has 98 valence electrons. The fourth-order valence-electron chi connectivity index (χ4n) is 2.31. The molecule has 1 saturated heterocycles. The van der Waals surface area contributed by atoms with Crippen LogP contribution in [0.5, 0.6) is 0 Å². The van der Waals surface area contributed by atoms with Gasteiger partial charge in [-0.15, -0.1) is 23.5 Å². The number of hydrogen-bond donors (Lipinski definition) is 0. The number of rotatable bonds is 3. The summed E-state index contributed by atoms with van der Waals surface area (Å²) < 4.78 is 0.0687. The van der Waals surface area contributed by atoms with E-state index >= 15 is 0 Å². The SMILES string of the molecule is Clc1ccccc1CC1(c2cccnc2)SCCS1. The Hall–Kier alpha value is -0.640. The van der Waals surface area contributed by atoms with Crippen LogP contribution >= 0.6 is 35.1 Å². The minimum Gasteiger partial charge on any atom is -0.264 e. The van der Waals surface area contributed by atoms with Crippen molar-refractivity contribution in [2.75, 3.05) is 11.5 Å². The maximum Gasteiger partial charge on any atom is 0.0916 e. The highest BCUT2D eigenvalue weighted by atomic mass is 35.5. The van der Waals surface area contributed by atoms with Crippen LogP contribution in [0.25, 0.3) is 0 Å². The van der Waals surface area contributed by atoms with Crippen molar-refractivity contribution in [2.45, 2.75) is 10.5 Å². The Morgan fingerprint density at radius 1 is 1.11 bits per heavy atom. The van der Waals surface area contributed by atoms with Crippen LogP contribution in [0.2, 0.25) is 5.02 Å². The fraction of sp³-hybridized carbons (Fsp3) is 0.267. The average Bonchev–Trinajstić information content (AvgIpc) is 2.92. The second-order valence-corrected chi connectivity index (χ2v) is 7.91. The third-order valence-electron chi connectivity index (χ3n) is 3.24. The zero-order valence-corrected chi connectivity index (χ0v) is 12.8. The lowest BCUT2D eigenvalue weighted by Gasteiger charge is -2.28. The lowest BCUT2D eigenvalue weighted by molar-refractivity contribution is 0.865. The number of aromatic nitrogens is 1. The molecule has 0 atom stereocenters. The summed E-state index contributed by atoms with van der Waals surface area (Å²) >= 11 is 10.3. The quantitative estimate of drug-likeness (QED) is 0.822. The van der Waals surface area contributed by atoms with Crippen LogP contribution in [-0.4, -0.2) is 16.5 Å². The van der Waals surface area contributed by atoms with Crippen LogP contribution in [0.3, 0.4) is 0 Å². The molecular weight excluding hydrogens is 294 g/mol. The molecule has 0 saturated carbocycles. The summed E-state index contributed by atoms with van der Waals surface area (Å²) in [5.74, 6) is 2.37. The van der Waals surface area contributed by atoms with E-state index in [4.69, 9.17) is 11.6 Å². The summed E-state index contributed by atoms with van der Waals surface area (Å²) in [6.45, 7) is 0. The predicted octanol–water partition coefficient (Wildman–Crippen LogP) is 4.61. The van der Waals surface area contributed by atoms with Crippen molar-refractivity contribution in [3.05, 3.63) is 64.9 Å². The molecule has 0 radical (unpaired) electrons. The molecule has 0 aliphatic carbocycles. The molecule has 2 aromatic rings. The second kappa shape index (κ2) is 5.78. The summed E-state index contributed by atoms with van der Waals surface area (Å²) in [5, 5.41) is 0.860. The Morgan fingerprint density at radius 2 is 1.89 bits per heavy atom. The van der Waals surface area contributed by atoms with E-state index in [1.807, 2.05) is 54.1 Å². The van der Waals surface area contributed by atoms with Gasteiger partial charge in [0.1, 0.15) is 0 Å². The highest BCUT2D eigenvalue weighted by Gasteiger charge is 2.38. The first-order valence-electron chi connectivity index (χ1n) is 6.22. The molecule has 0 spiro atoms. The summed E-state index contributed by atoms with van der Waals surface area (Å²) in [5.41, 5.74) is 2.51. The van der Waals surface area contributed by atoms with E-state index < -0.39 is 0 Å². The van der Waals surface area contributed by atoms with E-state index in [0.29, 0.717) is 0 Å². The minimum atomic E-state index is 0.0687. The average molecular weight is 308 g/mol. The molecule has 0 N–H and O–H groups in total. The Balaban J connectivity index is 1.96. The summed E-state index contributed by atoms with van der Waals surface area (Å²) in [6.07, 6.45) is 4.77. The number of halogens is 1.